The van der Waals surface area contributed by atoms with Gasteiger partial charge in [0, 0.05) is 67.7 Å². The van der Waals surface area contributed by atoms with Gasteiger partial charge in [0.25, 0.3) is 0 Å². The summed E-state index contributed by atoms with van der Waals surface area (Å²) in [5.74, 6) is 3.40. The van der Waals surface area contributed by atoms with Gasteiger partial charge in [-0.1, -0.05) is 76.8 Å². The van der Waals surface area contributed by atoms with E-state index in [4.69, 9.17) is 29.7 Å². The number of guanidine groups is 1. The molecule has 1 saturated heterocycles. The zero-order valence-electron chi connectivity index (χ0n) is 46.2. The fourth-order valence-corrected chi connectivity index (χ4v) is 17.7. The highest BCUT2D eigenvalue weighted by Crippen LogP contribution is 2.65. The van der Waals surface area contributed by atoms with Crippen molar-refractivity contribution in [2.24, 2.45) is 68.9 Å². The zero-order valence-corrected chi connectivity index (χ0v) is 46.2. The third kappa shape index (κ3) is 9.54. The Morgan fingerprint density at radius 1 is 0.831 bits per heavy atom. The van der Waals surface area contributed by atoms with E-state index in [1.807, 2.05) is 24.3 Å². The maximum Gasteiger partial charge on any atom is 0.188 e. The lowest BCUT2D eigenvalue weighted by atomic mass is 9.56. The van der Waals surface area contributed by atoms with Crippen molar-refractivity contribution < 1.29 is 44.5 Å². The lowest BCUT2D eigenvalue weighted by Gasteiger charge is -2.54. The molecule has 12 bridgehead atoms. The van der Waals surface area contributed by atoms with Crippen LogP contribution in [0, 0.1) is 58.2 Å². The molecule has 14 unspecified atom stereocenters. The van der Waals surface area contributed by atoms with Crippen LogP contribution in [0.2, 0.25) is 0 Å². The van der Waals surface area contributed by atoms with Crippen molar-refractivity contribution >= 4 is 5.96 Å². The molecule has 0 aromatic heterocycles. The summed E-state index contributed by atoms with van der Waals surface area (Å²) in [5.41, 5.74) is 13.5. The molecule has 14 atom stereocenters. The molecular weight excluding hydrogens is 967 g/mol. The van der Waals surface area contributed by atoms with Crippen molar-refractivity contribution in [2.75, 3.05) is 33.4 Å². The Kier molecular flexibility index (Phi) is 14.5. The predicted molar refractivity (Wildman–Crippen MR) is 299 cm³/mol. The van der Waals surface area contributed by atoms with E-state index in [-0.39, 0.29) is 76.3 Å². The normalized spacial score (nSPS) is 36.1. The fourth-order valence-electron chi connectivity index (χ4n) is 17.7. The van der Waals surface area contributed by atoms with Gasteiger partial charge in [0.05, 0.1) is 24.9 Å². The van der Waals surface area contributed by atoms with Gasteiger partial charge in [0.15, 0.2) is 17.5 Å². The molecule has 416 valence electrons. The highest BCUT2D eigenvalue weighted by Gasteiger charge is 2.60. The lowest BCUT2D eigenvalue weighted by Crippen LogP contribution is -2.53. The topological polar surface area (TPSA) is 188 Å². The zero-order chi connectivity index (χ0) is 53.4. The van der Waals surface area contributed by atoms with Gasteiger partial charge in [0.2, 0.25) is 0 Å². The van der Waals surface area contributed by atoms with E-state index in [0.29, 0.717) is 85.1 Å². The van der Waals surface area contributed by atoms with E-state index in [1.54, 1.807) is 13.2 Å². The van der Waals surface area contributed by atoms with Gasteiger partial charge in [-0.2, -0.15) is 0 Å². The maximum absolute atomic E-state index is 12.7. The largest absolute Gasteiger partial charge is 0.508 e. The molecule has 12 nitrogen and oxygen atoms in total. The molecule has 12 aliphatic rings. The average molecular weight is 1050 g/mol. The van der Waals surface area contributed by atoms with Crippen LogP contribution >= 0.6 is 0 Å². The molecule has 3 aromatic rings. The third-order valence-corrected chi connectivity index (χ3v) is 21.4. The molecule has 12 heteroatoms. The Balaban J connectivity index is 0.969. The van der Waals surface area contributed by atoms with Crippen LogP contribution in [0.3, 0.4) is 0 Å². The van der Waals surface area contributed by atoms with E-state index >= 15 is 0 Å². The first-order valence-corrected chi connectivity index (χ1v) is 30.0. The quantitative estimate of drug-likeness (QED) is 0.121. The van der Waals surface area contributed by atoms with Gasteiger partial charge < -0.3 is 55.5 Å². The molecule has 8 N–H and O–H groups in total. The number of fused-ring (bicyclic) bond motifs is 2. The summed E-state index contributed by atoms with van der Waals surface area (Å²) in [6.07, 6.45) is 23.4. The number of allylic oxidation sites excluding steroid dienone is 2. The van der Waals surface area contributed by atoms with Gasteiger partial charge in [-0.05, 0) is 182 Å². The first-order valence-electron chi connectivity index (χ1n) is 30.0. The van der Waals surface area contributed by atoms with Crippen LogP contribution in [0.5, 0.6) is 28.7 Å². The number of phenols is 2. The fraction of sp³-hybridized carbons (Fsp3) is 0.646. The number of aliphatic imine (C=N–C) groups is 1. The van der Waals surface area contributed by atoms with E-state index in [0.717, 1.165) is 117 Å². The van der Waals surface area contributed by atoms with E-state index in [9.17, 15) is 25.5 Å². The smallest absolute Gasteiger partial charge is 0.188 e. The maximum atomic E-state index is 12.7. The minimum absolute atomic E-state index is 0.00185. The number of rotatable bonds is 5. The van der Waals surface area contributed by atoms with Crippen LogP contribution in [0.15, 0.2) is 65.7 Å². The number of nitrogens with zero attached hydrogens (tertiary/aromatic N) is 1. The second-order valence-corrected chi connectivity index (χ2v) is 26.2. The first kappa shape index (κ1) is 52.9. The Hall–Kier alpha value is -4.75. The second-order valence-electron chi connectivity index (χ2n) is 26.2. The molecule has 15 rings (SSSR count). The summed E-state index contributed by atoms with van der Waals surface area (Å²) >= 11 is 0. The number of hydrogen-bond acceptors (Lipinski definition) is 12. The van der Waals surface area contributed by atoms with E-state index in [2.05, 4.69) is 56.5 Å². The molecule has 6 heterocycles. The van der Waals surface area contributed by atoms with Gasteiger partial charge >= 0.3 is 0 Å². The Morgan fingerprint density at radius 3 is 2.42 bits per heavy atom. The second kappa shape index (κ2) is 21.0. The molecule has 6 aliphatic heterocycles. The van der Waals surface area contributed by atoms with Crippen LogP contribution < -0.4 is 25.3 Å². The standard InChI is InChI=1S/C65H87N3O9/c1-5-38-24-41-12-11-40(38)25-47(70)32-64(18-8-17-63(64)21-22-75-65(35-63)19-6-7-20-65)36-68-62(66)67-33-43-13-9-39-10-14-44(34-69)57(43)61(39)77-55-29-42(15-16-51(55)71)60-53(73)30-50-54(76-60)31-56(74-4)59-49-27-46(23-37(2)3)52(72)28-45(49)26-48(41)58(50)59/h9,11-13,15-16,27-29,31,37-41,43-44,47-48,53,57,60-61,69-73H,5-8,10,14,17-26,30,32-36H2,1-4H3,(H3,66,67,68). The van der Waals surface area contributed by atoms with Gasteiger partial charge in [-0.15, -0.1) is 0 Å². The molecule has 0 radical (unpaired) electrons. The third-order valence-electron chi connectivity index (χ3n) is 21.4. The lowest BCUT2D eigenvalue weighted by molar-refractivity contribution is -0.157. The summed E-state index contributed by atoms with van der Waals surface area (Å²) in [7, 11) is 1.72. The summed E-state index contributed by atoms with van der Waals surface area (Å²) in [4.78, 5) is 5.28. The number of nitrogens with two attached hydrogens (primary N) is 1. The summed E-state index contributed by atoms with van der Waals surface area (Å²) in [5, 5.41) is 62.8. The number of methoxy groups -OCH3 is 1. The summed E-state index contributed by atoms with van der Waals surface area (Å²) < 4.78 is 27.2. The van der Waals surface area contributed by atoms with Crippen molar-refractivity contribution in [1.82, 2.24) is 5.32 Å². The van der Waals surface area contributed by atoms with Crippen molar-refractivity contribution in [2.45, 2.75) is 172 Å². The summed E-state index contributed by atoms with van der Waals surface area (Å²) in [6.45, 7) is 8.49. The highest BCUT2D eigenvalue weighted by atomic mass is 16.5. The van der Waals surface area contributed by atoms with Crippen LogP contribution in [-0.2, 0) is 24.0 Å². The van der Waals surface area contributed by atoms with Gasteiger partial charge in [-0.25, -0.2) is 0 Å². The minimum Gasteiger partial charge on any atom is -0.508 e. The van der Waals surface area contributed by atoms with Crippen molar-refractivity contribution in [3.63, 3.8) is 0 Å². The molecule has 4 fully saturated rings. The number of aliphatic hydroxyl groups excluding tert-OH is 3. The monoisotopic (exact) mass is 1050 g/mol. The number of aliphatic hydroxyl groups is 3. The first-order chi connectivity index (χ1) is 37.2. The Bertz CT molecular complexity index is 2770. The number of benzene rings is 3. The SMILES string of the molecule is CCC1CC2C=CC1CC(O)CC1(CCCC13CCOC1(CCCC1)C3)CN=C(N)NCC1C=CC3CCC(CO)C1C3Oc1cc(ccc1O)C1Oc3cc(OC)c4c(c3CC1O)C2Cc1cc(O)c(CC(C)C)cc1-4. The van der Waals surface area contributed by atoms with Crippen LogP contribution in [0.4, 0.5) is 0 Å². The minimum atomic E-state index is -0.920. The number of nitrogens with one attached hydrogen (secondary N) is 1. The predicted octanol–water partition coefficient (Wildman–Crippen LogP) is 10.8. The molecule has 3 aromatic carbocycles. The Morgan fingerprint density at radius 2 is 1.62 bits per heavy atom. The molecule has 0 amide bonds. The van der Waals surface area contributed by atoms with Crippen molar-refractivity contribution in [3.8, 4) is 39.9 Å². The Labute approximate surface area is 456 Å². The number of ether oxygens (including phenoxy) is 4. The van der Waals surface area contributed by atoms with Crippen molar-refractivity contribution in [1.29, 1.82) is 0 Å². The van der Waals surface area contributed by atoms with Gasteiger partial charge in [0.1, 0.15) is 29.5 Å². The molecule has 6 aliphatic carbocycles. The van der Waals surface area contributed by atoms with E-state index in [1.165, 1.54) is 12.8 Å². The molecule has 3 spiro atoms. The van der Waals surface area contributed by atoms with Crippen LogP contribution in [-0.4, -0.2) is 88.8 Å². The molecule has 3 saturated carbocycles. The van der Waals surface area contributed by atoms with Crippen LogP contribution in [0.1, 0.15) is 157 Å². The number of hydrogen-bond donors (Lipinski definition) is 7. The van der Waals surface area contributed by atoms with E-state index < -0.39 is 18.3 Å². The molecule has 77 heavy (non-hydrogen) atoms. The van der Waals surface area contributed by atoms with Crippen molar-refractivity contribution in [3.05, 3.63) is 88.5 Å². The average Bonchev–Trinajstić information content (AvgIpc) is 4.21. The summed E-state index contributed by atoms with van der Waals surface area (Å²) in [6, 6.07) is 11.5. The highest BCUT2D eigenvalue weighted by molar-refractivity contribution is 5.84. The number of phenolic OH excluding ortho intramolecular Hbond substituents is 2. The van der Waals surface area contributed by atoms with Crippen LogP contribution in [0.25, 0.3) is 11.1 Å². The molecular formula is C65H87N3O9. The van der Waals surface area contributed by atoms with Gasteiger partial charge in [-0.3, -0.25) is 4.99 Å². The number of aromatic hydroxyl groups is 2.